The summed E-state index contributed by atoms with van der Waals surface area (Å²) in [6.45, 7) is 7.21. The smallest absolute Gasteiger partial charge is 0.257 e. The first kappa shape index (κ1) is 19.0. The van der Waals surface area contributed by atoms with Crippen LogP contribution >= 0.6 is 0 Å². The number of rotatable bonds is 6. The minimum Gasteiger partial charge on any atom is -0.472 e. The normalized spacial score (nSPS) is 19.5. The molecule has 1 saturated heterocycles. The summed E-state index contributed by atoms with van der Waals surface area (Å²) in [7, 11) is 0. The van der Waals surface area contributed by atoms with Crippen LogP contribution in [0.5, 0.6) is 0 Å². The Morgan fingerprint density at radius 1 is 1.26 bits per heavy atom. The zero-order valence-corrected chi connectivity index (χ0v) is 15.7. The van der Waals surface area contributed by atoms with Gasteiger partial charge in [0.25, 0.3) is 5.91 Å². The van der Waals surface area contributed by atoms with Crippen molar-refractivity contribution in [1.82, 2.24) is 10.2 Å². The third-order valence-electron chi connectivity index (χ3n) is 5.16. The highest BCUT2D eigenvalue weighted by atomic mass is 16.3. The molecular weight excluding hydrogens is 340 g/mol. The van der Waals surface area contributed by atoms with Crippen molar-refractivity contribution in [3.8, 4) is 0 Å². The van der Waals surface area contributed by atoms with Crippen LogP contribution in [0.2, 0.25) is 0 Å². The summed E-state index contributed by atoms with van der Waals surface area (Å²) in [5.74, 6) is -0.250. The van der Waals surface area contributed by atoms with Crippen molar-refractivity contribution >= 4 is 11.8 Å². The minimum absolute atomic E-state index is 0.0326. The zero-order chi connectivity index (χ0) is 19.2. The molecule has 3 rings (SSSR count). The van der Waals surface area contributed by atoms with Crippen molar-refractivity contribution < 1.29 is 14.0 Å². The summed E-state index contributed by atoms with van der Waals surface area (Å²) in [4.78, 5) is 27.2. The van der Waals surface area contributed by atoms with Gasteiger partial charge in [0.05, 0.1) is 17.7 Å². The summed E-state index contributed by atoms with van der Waals surface area (Å²) >= 11 is 0. The van der Waals surface area contributed by atoms with Crippen LogP contribution in [-0.2, 0) is 11.2 Å². The summed E-state index contributed by atoms with van der Waals surface area (Å²) in [6.07, 6.45) is 6.32. The van der Waals surface area contributed by atoms with Crippen molar-refractivity contribution in [2.75, 3.05) is 19.6 Å². The highest BCUT2D eigenvalue weighted by molar-refractivity contribution is 5.94. The number of carbonyl (C=O) groups is 2. The lowest BCUT2D eigenvalue weighted by Gasteiger charge is -2.37. The molecule has 142 valence electrons. The third kappa shape index (κ3) is 4.48. The van der Waals surface area contributed by atoms with E-state index >= 15 is 0 Å². The molecule has 5 heteroatoms. The molecule has 1 fully saturated rings. The number of furan rings is 1. The fourth-order valence-electron chi connectivity index (χ4n) is 3.61. The van der Waals surface area contributed by atoms with Crippen molar-refractivity contribution in [2.24, 2.45) is 5.92 Å². The molecule has 2 amide bonds. The predicted octanol–water partition coefficient (Wildman–Crippen LogP) is 3.39. The van der Waals surface area contributed by atoms with Gasteiger partial charge in [-0.15, -0.1) is 6.58 Å². The number of aryl methyl sites for hydroxylation is 1. The summed E-state index contributed by atoms with van der Waals surface area (Å²) < 4.78 is 5.05. The minimum atomic E-state index is -0.245. The van der Waals surface area contributed by atoms with Crippen molar-refractivity contribution in [2.45, 2.75) is 25.7 Å². The number of nitrogens with one attached hydrogen (secondary N) is 1. The molecule has 0 bridgehead atoms. The fourth-order valence-corrected chi connectivity index (χ4v) is 3.61. The topological polar surface area (TPSA) is 62.6 Å². The van der Waals surface area contributed by atoms with Gasteiger partial charge in [0, 0.05) is 25.6 Å². The molecule has 0 unspecified atom stereocenters. The Hall–Kier alpha value is -2.82. The van der Waals surface area contributed by atoms with E-state index in [0.29, 0.717) is 25.2 Å². The van der Waals surface area contributed by atoms with E-state index in [9.17, 15) is 9.59 Å². The first-order valence-electron chi connectivity index (χ1n) is 9.41. The van der Waals surface area contributed by atoms with Gasteiger partial charge in [-0.3, -0.25) is 9.59 Å². The van der Waals surface area contributed by atoms with Crippen LogP contribution in [0.3, 0.4) is 0 Å². The Bertz CT molecular complexity index is 780. The number of amides is 2. The van der Waals surface area contributed by atoms with Crippen molar-refractivity contribution in [3.05, 3.63) is 72.2 Å². The first-order chi connectivity index (χ1) is 13.1. The first-order valence-corrected chi connectivity index (χ1v) is 9.41. The summed E-state index contributed by atoms with van der Waals surface area (Å²) in [6, 6.07) is 10.1. The van der Waals surface area contributed by atoms with Gasteiger partial charge in [-0.2, -0.15) is 0 Å². The van der Waals surface area contributed by atoms with Crippen LogP contribution in [0.1, 0.15) is 40.7 Å². The quantitative estimate of drug-likeness (QED) is 0.797. The van der Waals surface area contributed by atoms with Gasteiger partial charge in [0.15, 0.2) is 0 Å². The monoisotopic (exact) mass is 366 g/mol. The molecule has 1 aromatic heterocycles. The van der Waals surface area contributed by atoms with Crippen LogP contribution in [0.4, 0.5) is 0 Å². The van der Waals surface area contributed by atoms with Crippen LogP contribution in [-0.4, -0.2) is 36.3 Å². The van der Waals surface area contributed by atoms with Crippen LogP contribution < -0.4 is 5.32 Å². The van der Waals surface area contributed by atoms with E-state index in [1.165, 1.54) is 23.7 Å². The lowest BCUT2D eigenvalue weighted by Crippen LogP contribution is -2.48. The lowest BCUT2D eigenvalue weighted by molar-refractivity contribution is -0.126. The van der Waals surface area contributed by atoms with E-state index in [-0.39, 0.29) is 23.7 Å². The van der Waals surface area contributed by atoms with E-state index in [0.717, 1.165) is 12.8 Å². The molecule has 0 aliphatic carbocycles. The molecule has 5 nitrogen and oxygen atoms in total. The average Bonchev–Trinajstić information content (AvgIpc) is 3.26. The molecule has 0 spiro atoms. The predicted molar refractivity (Wildman–Crippen MR) is 104 cm³/mol. The van der Waals surface area contributed by atoms with Gasteiger partial charge < -0.3 is 14.6 Å². The maximum atomic E-state index is 12.8. The molecule has 1 N–H and O–H groups in total. The molecular formula is C22H26N2O3. The van der Waals surface area contributed by atoms with Gasteiger partial charge in [0.2, 0.25) is 5.91 Å². The van der Waals surface area contributed by atoms with E-state index in [2.05, 4.69) is 43.1 Å². The standard InChI is InChI=1S/C22H26N2O3/c1-3-10-23-21(25)20-12-19(17-7-5-16(4-2)6-8-17)13-24(14-20)22(26)18-9-11-27-15-18/h3,5-9,11,15,19-20H,1,4,10,12-14H2,2H3,(H,23,25)/t19-,20-/m0/s1. The Morgan fingerprint density at radius 3 is 2.67 bits per heavy atom. The van der Waals surface area contributed by atoms with Crippen molar-refractivity contribution in [3.63, 3.8) is 0 Å². The van der Waals surface area contributed by atoms with Gasteiger partial charge in [-0.1, -0.05) is 37.3 Å². The third-order valence-corrected chi connectivity index (χ3v) is 5.16. The van der Waals surface area contributed by atoms with E-state index in [1.807, 2.05) is 0 Å². The maximum absolute atomic E-state index is 12.8. The number of hydrogen-bond acceptors (Lipinski definition) is 3. The highest BCUT2D eigenvalue weighted by Crippen LogP contribution is 2.31. The number of piperidine rings is 1. The number of likely N-dealkylation sites (tertiary alicyclic amines) is 1. The van der Waals surface area contributed by atoms with Crippen LogP contribution in [0.25, 0.3) is 0 Å². The summed E-state index contributed by atoms with van der Waals surface area (Å²) in [5.41, 5.74) is 2.96. The van der Waals surface area contributed by atoms with E-state index in [4.69, 9.17) is 4.42 Å². The number of benzene rings is 1. The Balaban J connectivity index is 1.82. The van der Waals surface area contributed by atoms with Gasteiger partial charge in [-0.05, 0) is 30.0 Å². The molecule has 0 saturated carbocycles. The molecule has 0 radical (unpaired) electrons. The lowest BCUT2D eigenvalue weighted by atomic mass is 9.83. The molecule has 2 atom stereocenters. The molecule has 1 aromatic carbocycles. The second-order valence-electron chi connectivity index (χ2n) is 6.98. The number of nitrogens with zero attached hydrogens (tertiary/aromatic N) is 1. The maximum Gasteiger partial charge on any atom is 0.257 e. The van der Waals surface area contributed by atoms with Crippen molar-refractivity contribution in [1.29, 1.82) is 0 Å². The Labute approximate surface area is 160 Å². The van der Waals surface area contributed by atoms with E-state index in [1.54, 1.807) is 17.0 Å². The van der Waals surface area contributed by atoms with Crippen LogP contribution in [0.15, 0.2) is 59.9 Å². The molecule has 1 aliphatic heterocycles. The van der Waals surface area contributed by atoms with Gasteiger partial charge >= 0.3 is 0 Å². The van der Waals surface area contributed by atoms with Crippen LogP contribution in [0, 0.1) is 5.92 Å². The SMILES string of the molecule is C=CCNC(=O)[C@H]1C[C@H](c2ccc(CC)cc2)CN(C(=O)c2ccoc2)C1. The van der Waals surface area contributed by atoms with Gasteiger partial charge in [0.1, 0.15) is 6.26 Å². The highest BCUT2D eigenvalue weighted by Gasteiger charge is 2.34. The fraction of sp³-hybridized carbons (Fsp3) is 0.364. The number of hydrogen-bond donors (Lipinski definition) is 1. The largest absolute Gasteiger partial charge is 0.472 e. The Kier molecular flexibility index (Phi) is 6.12. The second-order valence-corrected chi connectivity index (χ2v) is 6.98. The molecule has 2 heterocycles. The molecule has 1 aliphatic rings. The van der Waals surface area contributed by atoms with Gasteiger partial charge in [-0.25, -0.2) is 0 Å². The second kappa shape index (κ2) is 8.71. The zero-order valence-electron chi connectivity index (χ0n) is 15.7. The molecule has 2 aromatic rings. The summed E-state index contributed by atoms with van der Waals surface area (Å²) in [5, 5.41) is 2.87. The average molecular weight is 366 g/mol. The molecule has 27 heavy (non-hydrogen) atoms. The van der Waals surface area contributed by atoms with E-state index < -0.39 is 0 Å². The number of carbonyl (C=O) groups excluding carboxylic acids is 2. The Morgan fingerprint density at radius 2 is 2.04 bits per heavy atom.